The molecule has 140 valence electrons. The van der Waals surface area contributed by atoms with E-state index in [0.29, 0.717) is 18.6 Å². The van der Waals surface area contributed by atoms with Crippen molar-refractivity contribution in [3.63, 3.8) is 0 Å². The smallest absolute Gasteiger partial charge is 0.271 e. The molecule has 9 nitrogen and oxygen atoms in total. The van der Waals surface area contributed by atoms with E-state index < -0.39 is 15.9 Å². The molecule has 2 heterocycles. The molecule has 0 aliphatic carbocycles. The maximum atomic E-state index is 13.1. The molecule has 0 saturated carbocycles. The maximum Gasteiger partial charge on any atom is 0.271 e. The summed E-state index contributed by atoms with van der Waals surface area (Å²) in [6.07, 6.45) is 2.37. The lowest BCUT2D eigenvalue weighted by molar-refractivity contribution is -0.129. The van der Waals surface area contributed by atoms with E-state index >= 15 is 0 Å². The van der Waals surface area contributed by atoms with E-state index in [9.17, 15) is 13.2 Å². The highest BCUT2D eigenvalue weighted by Gasteiger charge is 2.47. The summed E-state index contributed by atoms with van der Waals surface area (Å²) in [5, 5.41) is 3.01. The maximum absolute atomic E-state index is 13.1. The number of benzene rings is 1. The van der Waals surface area contributed by atoms with Crippen molar-refractivity contribution >= 4 is 15.9 Å². The van der Waals surface area contributed by atoms with Crippen LogP contribution in [0.3, 0.4) is 0 Å². The van der Waals surface area contributed by atoms with Gasteiger partial charge in [-0.1, -0.05) is 0 Å². The third kappa shape index (κ3) is 3.17. The molecule has 1 aromatic carbocycles. The molecule has 2 unspecified atom stereocenters. The van der Waals surface area contributed by atoms with E-state index in [1.807, 2.05) is 0 Å². The third-order valence-corrected chi connectivity index (χ3v) is 6.81. The largest absolute Gasteiger partial charge is 0.497 e. The molecule has 1 amide bonds. The van der Waals surface area contributed by atoms with Crippen LogP contribution in [0.2, 0.25) is 0 Å². The summed E-state index contributed by atoms with van der Waals surface area (Å²) in [5.41, 5.74) is 12.3. The number of carbonyl (C=O) groups excluding carboxylic acids is 1. The van der Waals surface area contributed by atoms with E-state index in [-0.39, 0.29) is 35.8 Å². The van der Waals surface area contributed by atoms with Crippen LogP contribution in [-0.2, 0) is 14.8 Å². The summed E-state index contributed by atoms with van der Waals surface area (Å²) in [5.74, 6) is 0.170. The zero-order valence-electron chi connectivity index (χ0n) is 14.3. The number of sulfonamides is 1. The fourth-order valence-electron chi connectivity index (χ4n) is 3.60. The van der Waals surface area contributed by atoms with E-state index in [4.69, 9.17) is 16.0 Å². The molecule has 2 aliphatic heterocycles. The number of nitrogens with one attached hydrogen (secondary N) is 1. The predicted molar refractivity (Wildman–Crippen MR) is 92.8 cm³/mol. The number of hydrogen-bond donors (Lipinski definition) is 2. The average molecular weight is 379 g/mol. The lowest BCUT2D eigenvalue weighted by Crippen LogP contribution is -2.57. The van der Waals surface area contributed by atoms with Gasteiger partial charge in [0.25, 0.3) is 5.91 Å². The highest BCUT2D eigenvalue weighted by molar-refractivity contribution is 7.89. The monoisotopic (exact) mass is 379 g/mol. The van der Waals surface area contributed by atoms with Crippen molar-refractivity contribution in [3.8, 4) is 5.75 Å². The molecule has 2 saturated heterocycles. The van der Waals surface area contributed by atoms with E-state index in [0.717, 1.165) is 6.20 Å². The minimum Gasteiger partial charge on any atom is -0.497 e. The van der Waals surface area contributed by atoms with E-state index in [2.05, 4.69) is 5.11 Å². The van der Waals surface area contributed by atoms with Gasteiger partial charge in [0.1, 0.15) is 11.4 Å². The number of piperazine rings is 1. The van der Waals surface area contributed by atoms with Crippen molar-refractivity contribution in [1.29, 1.82) is 5.53 Å². The van der Waals surface area contributed by atoms with Crippen molar-refractivity contribution in [3.05, 3.63) is 36.2 Å². The first-order valence-electron chi connectivity index (χ1n) is 8.17. The normalized spacial score (nSPS) is 23.7. The van der Waals surface area contributed by atoms with Gasteiger partial charge < -0.3 is 15.4 Å². The van der Waals surface area contributed by atoms with E-state index in [1.54, 1.807) is 17.0 Å². The fraction of sp³-hybridized carbons (Fsp3) is 0.438. The molecule has 0 aromatic heterocycles. The Morgan fingerprint density at radius 1 is 1.27 bits per heavy atom. The number of carbonyl (C=O) groups is 1. The van der Waals surface area contributed by atoms with Crippen LogP contribution in [0.25, 0.3) is 0 Å². The molecular weight excluding hydrogens is 358 g/mol. The van der Waals surface area contributed by atoms with Gasteiger partial charge in [0.2, 0.25) is 10.0 Å². The summed E-state index contributed by atoms with van der Waals surface area (Å²) in [6.45, 7) is 0.550. The van der Waals surface area contributed by atoms with Crippen LogP contribution in [0.5, 0.6) is 5.75 Å². The van der Waals surface area contributed by atoms with Crippen LogP contribution in [0.4, 0.5) is 0 Å². The Bertz CT molecular complexity index is 823. The van der Waals surface area contributed by atoms with Crippen LogP contribution >= 0.6 is 0 Å². The van der Waals surface area contributed by atoms with Gasteiger partial charge in [-0.2, -0.15) is 9.42 Å². The number of rotatable bonds is 5. The topological polar surface area (TPSA) is 129 Å². The Kier molecular flexibility index (Phi) is 4.97. The molecule has 3 rings (SSSR count). The SMILES string of the molecule is COc1ccc(S(=O)(=O)N2C3CCC2CN(C(=O)/C(N)=C/N=N)C3)cc1. The van der Waals surface area contributed by atoms with Gasteiger partial charge in [0.05, 0.1) is 18.2 Å². The Balaban J connectivity index is 1.82. The summed E-state index contributed by atoms with van der Waals surface area (Å²) in [7, 11) is -2.14. The molecule has 2 bridgehead atoms. The highest BCUT2D eigenvalue weighted by atomic mass is 32.2. The molecule has 26 heavy (non-hydrogen) atoms. The Morgan fingerprint density at radius 2 is 1.85 bits per heavy atom. The third-order valence-electron chi connectivity index (χ3n) is 4.79. The molecule has 3 N–H and O–H groups in total. The predicted octanol–water partition coefficient (Wildman–Crippen LogP) is 0.890. The van der Waals surface area contributed by atoms with Crippen LogP contribution in [0.1, 0.15) is 12.8 Å². The molecule has 1 aromatic rings. The Hall–Kier alpha value is -2.46. The fourth-order valence-corrected chi connectivity index (χ4v) is 5.45. The first-order chi connectivity index (χ1) is 12.4. The van der Waals surface area contributed by atoms with Gasteiger partial charge in [0.15, 0.2) is 0 Å². The average Bonchev–Trinajstić information content (AvgIpc) is 2.92. The molecule has 10 heteroatoms. The van der Waals surface area contributed by atoms with Gasteiger partial charge in [-0.3, -0.25) is 4.79 Å². The number of nitrogens with zero attached hydrogens (tertiary/aromatic N) is 3. The van der Waals surface area contributed by atoms with Crippen LogP contribution < -0.4 is 10.5 Å². The molecule has 0 radical (unpaired) electrons. The molecule has 2 atom stereocenters. The lowest BCUT2D eigenvalue weighted by Gasteiger charge is -2.40. The standard InChI is InChI=1S/C16H21N5O4S/c1-25-13-4-6-14(7-5-13)26(23,24)21-11-2-3-12(21)10-20(9-11)16(22)15(17)8-19-18/h4-8,11-12,18H,2-3,9-10,17H2,1H3/b15-8-,19-18?. The number of fused-ring (bicyclic) bond motifs is 2. The van der Waals surface area contributed by atoms with Gasteiger partial charge >= 0.3 is 0 Å². The molecule has 0 spiro atoms. The highest BCUT2D eigenvalue weighted by Crippen LogP contribution is 2.35. The minimum absolute atomic E-state index is 0.120. The van der Waals surface area contributed by atoms with E-state index in [1.165, 1.54) is 23.5 Å². The zero-order valence-corrected chi connectivity index (χ0v) is 15.1. The number of methoxy groups -OCH3 is 1. The Labute approximate surface area is 152 Å². The summed E-state index contributed by atoms with van der Waals surface area (Å²) in [4.78, 5) is 14.1. The summed E-state index contributed by atoms with van der Waals surface area (Å²) < 4.78 is 32.7. The van der Waals surface area contributed by atoms with Crippen molar-refractivity contribution in [2.45, 2.75) is 29.8 Å². The lowest BCUT2D eigenvalue weighted by atomic mass is 10.2. The zero-order chi connectivity index (χ0) is 18.9. The number of nitrogens with two attached hydrogens (primary N) is 1. The second-order valence-electron chi connectivity index (χ2n) is 6.32. The van der Waals surface area contributed by atoms with Crippen LogP contribution in [0.15, 0.2) is 46.2 Å². The van der Waals surface area contributed by atoms with Crippen molar-refractivity contribution in [2.75, 3.05) is 20.2 Å². The number of amides is 1. The van der Waals surface area contributed by atoms with Crippen molar-refractivity contribution in [1.82, 2.24) is 9.21 Å². The molecule has 2 aliphatic rings. The van der Waals surface area contributed by atoms with Crippen molar-refractivity contribution in [2.24, 2.45) is 10.8 Å². The van der Waals surface area contributed by atoms with Gasteiger partial charge in [-0.15, -0.1) is 0 Å². The second kappa shape index (κ2) is 7.04. The van der Waals surface area contributed by atoms with Crippen LogP contribution in [-0.4, -0.2) is 55.8 Å². The van der Waals surface area contributed by atoms with Gasteiger partial charge in [-0.25, -0.2) is 13.9 Å². The minimum atomic E-state index is -3.66. The first-order valence-corrected chi connectivity index (χ1v) is 9.61. The molecular formula is C16H21N5O4S. The van der Waals surface area contributed by atoms with Gasteiger partial charge in [-0.05, 0) is 37.1 Å². The van der Waals surface area contributed by atoms with Crippen LogP contribution in [0, 0.1) is 5.53 Å². The number of hydrogen-bond acceptors (Lipinski definition) is 7. The van der Waals surface area contributed by atoms with Gasteiger partial charge in [0, 0.05) is 25.2 Å². The number of likely N-dealkylation sites (tertiary alicyclic amines) is 1. The summed E-state index contributed by atoms with van der Waals surface area (Å²) in [6, 6.07) is 5.72. The van der Waals surface area contributed by atoms with Crippen molar-refractivity contribution < 1.29 is 17.9 Å². The molecule has 2 fully saturated rings. The Morgan fingerprint density at radius 3 is 2.35 bits per heavy atom. The second-order valence-corrected chi connectivity index (χ2v) is 8.16. The quantitative estimate of drug-likeness (QED) is 0.580. The number of ether oxygens (including phenoxy) is 1. The first kappa shape index (κ1) is 18.3. The summed E-state index contributed by atoms with van der Waals surface area (Å²) >= 11 is 0.